The number of fused-ring (bicyclic) bond motifs is 1. The van der Waals surface area contributed by atoms with Crippen LogP contribution in [-0.2, 0) is 19.1 Å². The summed E-state index contributed by atoms with van der Waals surface area (Å²) < 4.78 is 6.08. The average Bonchev–Trinajstić information content (AvgIpc) is 3.09. The van der Waals surface area contributed by atoms with E-state index in [2.05, 4.69) is 21.2 Å². The van der Waals surface area contributed by atoms with Crippen molar-refractivity contribution < 1.29 is 23.9 Å². The van der Waals surface area contributed by atoms with E-state index in [4.69, 9.17) is 4.74 Å². The van der Waals surface area contributed by atoms with E-state index < -0.39 is 18.5 Å². The molecular weight excluding hydrogens is 500 g/mol. The summed E-state index contributed by atoms with van der Waals surface area (Å²) in [5, 5.41) is 2.75. The van der Waals surface area contributed by atoms with Crippen LogP contribution in [0.5, 0.6) is 0 Å². The zero-order chi connectivity index (χ0) is 24.6. The first kappa shape index (κ1) is 23.9. The number of hydrogen-bond donors (Lipinski definition) is 1. The molecule has 0 unspecified atom stereocenters. The Balaban J connectivity index is 1.37. The van der Waals surface area contributed by atoms with Gasteiger partial charge in [0.05, 0.1) is 23.1 Å². The molecule has 2 aromatic rings. The van der Waals surface area contributed by atoms with Crippen molar-refractivity contribution in [2.45, 2.75) is 27.2 Å². The van der Waals surface area contributed by atoms with E-state index in [0.29, 0.717) is 17.8 Å². The van der Waals surface area contributed by atoms with Crippen LogP contribution in [0, 0.1) is 31.6 Å². The summed E-state index contributed by atoms with van der Waals surface area (Å²) in [6, 6.07) is 9.70. The Morgan fingerprint density at radius 2 is 1.76 bits per heavy atom. The second-order valence-electron chi connectivity index (χ2n) is 8.68. The first-order valence-corrected chi connectivity index (χ1v) is 11.9. The van der Waals surface area contributed by atoms with Crippen LogP contribution in [0.2, 0.25) is 0 Å². The van der Waals surface area contributed by atoms with Crippen LogP contribution in [0.25, 0.3) is 0 Å². The van der Waals surface area contributed by atoms with E-state index in [1.165, 1.54) is 17.0 Å². The Labute approximate surface area is 206 Å². The molecule has 1 N–H and O–H groups in total. The van der Waals surface area contributed by atoms with Crippen LogP contribution in [-0.4, -0.2) is 30.3 Å². The van der Waals surface area contributed by atoms with Crippen molar-refractivity contribution in [2.75, 3.05) is 16.8 Å². The third-order valence-corrected chi connectivity index (χ3v) is 7.42. The number of benzene rings is 2. The number of nitrogens with one attached hydrogen (secondary N) is 1. The number of imide groups is 1. The Morgan fingerprint density at radius 1 is 1.06 bits per heavy atom. The normalized spacial score (nSPS) is 21.4. The molecule has 3 atom stereocenters. The summed E-state index contributed by atoms with van der Waals surface area (Å²) in [6.07, 6.45) is 4.49. The predicted octanol–water partition coefficient (Wildman–Crippen LogP) is 4.56. The number of carbonyl (C=O) groups is 4. The van der Waals surface area contributed by atoms with Gasteiger partial charge in [0.1, 0.15) is 0 Å². The highest BCUT2D eigenvalue weighted by molar-refractivity contribution is 9.10. The van der Waals surface area contributed by atoms with Gasteiger partial charge in [-0.15, -0.1) is 0 Å². The van der Waals surface area contributed by atoms with E-state index in [0.717, 1.165) is 15.6 Å². The van der Waals surface area contributed by atoms with Gasteiger partial charge >= 0.3 is 5.97 Å². The number of allylic oxidation sites excluding steroid dienone is 2. The molecule has 3 amide bonds. The third-order valence-electron chi connectivity index (χ3n) is 6.56. The van der Waals surface area contributed by atoms with Gasteiger partial charge in [0.25, 0.3) is 5.91 Å². The minimum atomic E-state index is -0.670. The topological polar surface area (TPSA) is 92.8 Å². The molecule has 8 heteroatoms. The van der Waals surface area contributed by atoms with Crippen molar-refractivity contribution in [2.24, 2.45) is 17.8 Å². The number of nitrogens with zero attached hydrogens (tertiary/aromatic N) is 1. The van der Waals surface area contributed by atoms with Crippen LogP contribution in [0.15, 0.2) is 53.0 Å². The van der Waals surface area contributed by atoms with Crippen LogP contribution < -0.4 is 10.2 Å². The lowest BCUT2D eigenvalue weighted by atomic mass is 9.78. The Kier molecular flexibility index (Phi) is 6.70. The fourth-order valence-corrected chi connectivity index (χ4v) is 4.90. The molecule has 34 heavy (non-hydrogen) atoms. The van der Waals surface area contributed by atoms with Gasteiger partial charge in [0.2, 0.25) is 11.8 Å². The molecule has 1 aliphatic carbocycles. The Bertz CT molecular complexity index is 1200. The molecule has 0 bridgehead atoms. The molecule has 1 saturated heterocycles. The van der Waals surface area contributed by atoms with Gasteiger partial charge in [-0.3, -0.25) is 19.3 Å². The van der Waals surface area contributed by atoms with Crippen LogP contribution in [0.3, 0.4) is 0 Å². The summed E-state index contributed by atoms with van der Waals surface area (Å²) in [6.45, 7) is 5.33. The van der Waals surface area contributed by atoms with Crippen molar-refractivity contribution in [3.63, 3.8) is 0 Å². The number of amides is 3. The fourth-order valence-electron chi connectivity index (χ4n) is 4.47. The summed E-state index contributed by atoms with van der Waals surface area (Å²) in [7, 11) is 0. The largest absolute Gasteiger partial charge is 0.452 e. The van der Waals surface area contributed by atoms with E-state index in [1.54, 1.807) is 18.2 Å². The predicted molar refractivity (Wildman–Crippen MR) is 131 cm³/mol. The summed E-state index contributed by atoms with van der Waals surface area (Å²) in [5.41, 5.74) is 3.22. The van der Waals surface area contributed by atoms with E-state index in [-0.39, 0.29) is 35.1 Å². The third kappa shape index (κ3) is 4.42. The van der Waals surface area contributed by atoms with E-state index in [9.17, 15) is 19.2 Å². The standard InChI is InChI=1S/C26H25BrN2O5/c1-14-5-4-6-19-23(14)25(32)29(24(19)31)18-9-7-17(8-10-18)26(33)34-13-22(30)28-21-12-11-20(27)15(2)16(21)3/h4-5,7-12,14,19,23H,6,13H2,1-3H3,(H,28,30)/t14-,19-,23+/m1/s1. The number of carbonyl (C=O) groups excluding carboxylic acids is 4. The Morgan fingerprint density at radius 3 is 2.44 bits per heavy atom. The van der Waals surface area contributed by atoms with Crippen LogP contribution in [0.1, 0.15) is 34.8 Å². The molecule has 0 aromatic heterocycles. The van der Waals surface area contributed by atoms with Crippen molar-refractivity contribution in [1.82, 2.24) is 0 Å². The maximum absolute atomic E-state index is 12.9. The van der Waals surface area contributed by atoms with Crippen LogP contribution >= 0.6 is 15.9 Å². The average molecular weight is 525 g/mol. The van der Waals surface area contributed by atoms with Gasteiger partial charge in [0, 0.05) is 10.2 Å². The molecule has 2 aliphatic rings. The van der Waals surface area contributed by atoms with Crippen LogP contribution in [0.4, 0.5) is 11.4 Å². The molecule has 2 aromatic carbocycles. The molecule has 0 spiro atoms. The van der Waals surface area contributed by atoms with Gasteiger partial charge in [-0.25, -0.2) is 4.79 Å². The minimum Gasteiger partial charge on any atom is -0.452 e. The second kappa shape index (κ2) is 9.54. The quantitative estimate of drug-likeness (QED) is 0.351. The maximum Gasteiger partial charge on any atom is 0.338 e. The lowest BCUT2D eigenvalue weighted by Gasteiger charge is -2.22. The first-order chi connectivity index (χ1) is 16.2. The molecule has 4 rings (SSSR count). The SMILES string of the molecule is Cc1c(Br)ccc(NC(=O)COC(=O)c2ccc(N3C(=O)[C@H]4[C@H](C)C=CC[C@H]4C3=O)cc2)c1C. The smallest absolute Gasteiger partial charge is 0.338 e. The lowest BCUT2D eigenvalue weighted by Crippen LogP contribution is -2.31. The highest BCUT2D eigenvalue weighted by Gasteiger charge is 2.50. The second-order valence-corrected chi connectivity index (χ2v) is 9.54. The highest BCUT2D eigenvalue weighted by atomic mass is 79.9. The van der Waals surface area contributed by atoms with Gasteiger partial charge in [-0.05, 0) is 73.7 Å². The zero-order valence-corrected chi connectivity index (χ0v) is 20.7. The van der Waals surface area contributed by atoms with Gasteiger partial charge in [-0.1, -0.05) is 35.0 Å². The van der Waals surface area contributed by atoms with Crippen molar-refractivity contribution in [1.29, 1.82) is 0 Å². The first-order valence-electron chi connectivity index (χ1n) is 11.1. The summed E-state index contributed by atoms with van der Waals surface area (Å²) >= 11 is 3.45. The number of anilines is 2. The van der Waals surface area contributed by atoms with Crippen molar-refractivity contribution >= 4 is 51.0 Å². The van der Waals surface area contributed by atoms with E-state index in [1.807, 2.05) is 39.0 Å². The zero-order valence-electron chi connectivity index (χ0n) is 19.1. The molecule has 176 valence electrons. The number of hydrogen-bond acceptors (Lipinski definition) is 5. The molecule has 1 aliphatic heterocycles. The summed E-state index contributed by atoms with van der Waals surface area (Å²) in [4.78, 5) is 51.6. The van der Waals surface area contributed by atoms with Gasteiger partial charge in [-0.2, -0.15) is 0 Å². The number of halogens is 1. The van der Waals surface area contributed by atoms with Gasteiger partial charge in [0.15, 0.2) is 6.61 Å². The number of rotatable bonds is 5. The molecular formula is C26H25BrN2O5. The number of ether oxygens (including phenoxy) is 1. The number of esters is 1. The fraction of sp³-hybridized carbons (Fsp3) is 0.308. The highest BCUT2D eigenvalue weighted by Crippen LogP contribution is 2.40. The summed E-state index contributed by atoms with van der Waals surface area (Å²) in [5.74, 6) is -2.23. The molecule has 7 nitrogen and oxygen atoms in total. The lowest BCUT2D eigenvalue weighted by molar-refractivity contribution is -0.123. The van der Waals surface area contributed by atoms with E-state index >= 15 is 0 Å². The minimum absolute atomic E-state index is 0.00529. The Hall–Kier alpha value is -3.26. The van der Waals surface area contributed by atoms with Crippen molar-refractivity contribution in [3.05, 3.63) is 69.7 Å². The molecule has 1 heterocycles. The molecule has 0 saturated carbocycles. The maximum atomic E-state index is 12.9. The molecule has 1 fully saturated rings. The van der Waals surface area contributed by atoms with Gasteiger partial charge < -0.3 is 10.1 Å². The monoisotopic (exact) mass is 524 g/mol. The molecule has 0 radical (unpaired) electrons. The van der Waals surface area contributed by atoms with Crippen molar-refractivity contribution in [3.8, 4) is 0 Å².